The number of carbonyl (C=O) groups excluding carboxylic acids is 1. The number of carbonyl (C=O) groups is 1. The van der Waals surface area contributed by atoms with Crippen LogP contribution in [0, 0.1) is 0 Å². The van der Waals surface area contributed by atoms with Gasteiger partial charge in [-0.25, -0.2) is 0 Å². The maximum atomic E-state index is 10.9. The number of benzene rings is 1. The minimum absolute atomic E-state index is 0.169. The minimum Gasteiger partial charge on any atom is -0.390 e. The first-order valence-corrected chi connectivity index (χ1v) is 5.93. The van der Waals surface area contributed by atoms with Crippen LogP contribution in [0.5, 0.6) is 0 Å². The number of aliphatic hydroxyl groups is 2. The number of nitrogens with one attached hydrogen (secondary N) is 2. The van der Waals surface area contributed by atoms with Gasteiger partial charge >= 0.3 is 0 Å². The molecule has 0 fully saturated rings. The Morgan fingerprint density at radius 2 is 2.11 bits per heavy atom. The number of amides is 1. The molecule has 5 nitrogen and oxygen atoms in total. The van der Waals surface area contributed by atoms with Crippen molar-refractivity contribution in [2.75, 3.05) is 18.9 Å². The smallest absolute Gasteiger partial charge is 0.221 e. The first-order chi connectivity index (χ1) is 8.54. The molecule has 0 saturated carbocycles. The van der Waals surface area contributed by atoms with Crippen LogP contribution < -0.4 is 10.6 Å². The second kappa shape index (κ2) is 7.10. The van der Waals surface area contributed by atoms with E-state index in [2.05, 4.69) is 10.6 Å². The summed E-state index contributed by atoms with van der Waals surface area (Å²) in [6.07, 6.45) is -1.32. The van der Waals surface area contributed by atoms with Gasteiger partial charge in [0.25, 0.3) is 0 Å². The lowest BCUT2D eigenvalue weighted by Gasteiger charge is -2.18. The lowest BCUT2D eigenvalue weighted by molar-refractivity contribution is -0.114. The lowest BCUT2D eigenvalue weighted by Crippen LogP contribution is -2.23. The summed E-state index contributed by atoms with van der Waals surface area (Å²) >= 11 is 0. The van der Waals surface area contributed by atoms with Crippen LogP contribution in [0.4, 0.5) is 5.69 Å². The van der Waals surface area contributed by atoms with Gasteiger partial charge < -0.3 is 20.8 Å². The summed E-state index contributed by atoms with van der Waals surface area (Å²) in [5.41, 5.74) is 1.20. The van der Waals surface area contributed by atoms with Crippen molar-refractivity contribution in [2.24, 2.45) is 0 Å². The Morgan fingerprint density at radius 1 is 1.39 bits per heavy atom. The van der Waals surface area contributed by atoms with Crippen molar-refractivity contribution in [3.63, 3.8) is 0 Å². The van der Waals surface area contributed by atoms with Crippen molar-refractivity contribution >= 4 is 11.6 Å². The van der Waals surface area contributed by atoms with E-state index in [9.17, 15) is 15.0 Å². The molecule has 0 bridgehead atoms. The van der Waals surface area contributed by atoms with Crippen molar-refractivity contribution in [3.05, 3.63) is 29.8 Å². The lowest BCUT2D eigenvalue weighted by atomic mass is 10.0. The van der Waals surface area contributed by atoms with Crippen molar-refractivity contribution < 1.29 is 15.0 Å². The Balaban J connectivity index is 2.72. The highest BCUT2D eigenvalue weighted by Gasteiger charge is 2.18. The third-order valence-corrected chi connectivity index (χ3v) is 2.60. The van der Waals surface area contributed by atoms with E-state index in [0.717, 1.165) is 0 Å². The monoisotopic (exact) mass is 252 g/mol. The van der Waals surface area contributed by atoms with E-state index in [-0.39, 0.29) is 5.91 Å². The fraction of sp³-hybridized carbons (Fsp3) is 0.462. The molecule has 1 aromatic rings. The molecule has 1 amide bonds. The van der Waals surface area contributed by atoms with Gasteiger partial charge in [0.15, 0.2) is 0 Å². The van der Waals surface area contributed by atoms with E-state index in [1.165, 1.54) is 6.92 Å². The fourth-order valence-electron chi connectivity index (χ4n) is 1.68. The number of hydrogen-bond acceptors (Lipinski definition) is 4. The Labute approximate surface area is 107 Å². The molecule has 0 heterocycles. The zero-order valence-corrected chi connectivity index (χ0v) is 10.7. The molecular weight excluding hydrogens is 232 g/mol. The quantitative estimate of drug-likeness (QED) is 0.599. The van der Waals surface area contributed by atoms with Crippen LogP contribution in [0.25, 0.3) is 0 Å². The fourth-order valence-corrected chi connectivity index (χ4v) is 1.68. The maximum Gasteiger partial charge on any atom is 0.221 e. The van der Waals surface area contributed by atoms with Gasteiger partial charge in [0.05, 0.1) is 6.10 Å². The normalized spacial score (nSPS) is 14.0. The molecular formula is C13H20N2O3. The second-order valence-corrected chi connectivity index (χ2v) is 4.21. The Morgan fingerprint density at radius 3 is 2.72 bits per heavy atom. The summed E-state index contributed by atoms with van der Waals surface area (Å²) in [5.74, 6) is -0.169. The van der Waals surface area contributed by atoms with Crippen LogP contribution in [0.2, 0.25) is 0 Å². The summed E-state index contributed by atoms with van der Waals surface area (Å²) in [4.78, 5) is 10.9. The van der Waals surface area contributed by atoms with E-state index in [4.69, 9.17) is 0 Å². The molecule has 18 heavy (non-hydrogen) atoms. The van der Waals surface area contributed by atoms with Gasteiger partial charge in [-0.2, -0.15) is 0 Å². The zero-order chi connectivity index (χ0) is 13.5. The Kier molecular flexibility index (Phi) is 5.77. The molecule has 1 rings (SSSR count). The molecule has 0 aliphatic heterocycles. The van der Waals surface area contributed by atoms with E-state index >= 15 is 0 Å². The van der Waals surface area contributed by atoms with Crippen LogP contribution in [0.3, 0.4) is 0 Å². The number of aliphatic hydroxyl groups excluding tert-OH is 2. The Bertz CT molecular complexity index is 396. The SMILES string of the molecule is CNCCC(O)C(O)c1cccc(NC(C)=O)c1. The first kappa shape index (κ1) is 14.6. The van der Waals surface area contributed by atoms with Gasteiger partial charge in [0, 0.05) is 12.6 Å². The highest BCUT2D eigenvalue weighted by atomic mass is 16.3. The zero-order valence-electron chi connectivity index (χ0n) is 10.7. The van der Waals surface area contributed by atoms with Crippen LogP contribution in [0.1, 0.15) is 25.0 Å². The highest BCUT2D eigenvalue weighted by Crippen LogP contribution is 2.21. The molecule has 0 spiro atoms. The minimum atomic E-state index is -0.952. The average Bonchev–Trinajstić information content (AvgIpc) is 2.34. The van der Waals surface area contributed by atoms with Gasteiger partial charge in [-0.05, 0) is 37.7 Å². The van der Waals surface area contributed by atoms with E-state index < -0.39 is 12.2 Å². The summed E-state index contributed by atoms with van der Waals surface area (Å²) < 4.78 is 0. The third-order valence-electron chi connectivity index (χ3n) is 2.60. The van der Waals surface area contributed by atoms with Crippen molar-refractivity contribution in [1.29, 1.82) is 0 Å². The largest absolute Gasteiger partial charge is 0.390 e. The van der Waals surface area contributed by atoms with Crippen LogP contribution in [0.15, 0.2) is 24.3 Å². The standard InChI is InChI=1S/C13H20N2O3/c1-9(16)15-11-5-3-4-10(8-11)13(18)12(17)6-7-14-2/h3-5,8,12-14,17-18H,6-7H2,1-2H3,(H,15,16). The summed E-state index contributed by atoms with van der Waals surface area (Å²) in [5, 5.41) is 25.3. The number of rotatable bonds is 6. The van der Waals surface area contributed by atoms with Gasteiger partial charge in [-0.1, -0.05) is 12.1 Å². The summed E-state index contributed by atoms with van der Waals surface area (Å²) in [6.45, 7) is 2.05. The molecule has 0 saturated heterocycles. The predicted molar refractivity (Wildman–Crippen MR) is 70.3 cm³/mol. The predicted octanol–water partition coefficient (Wildman–Crippen LogP) is 0.649. The molecule has 0 aromatic heterocycles. The highest BCUT2D eigenvalue weighted by molar-refractivity contribution is 5.88. The Hall–Kier alpha value is -1.43. The van der Waals surface area contributed by atoms with Crippen LogP contribution in [-0.4, -0.2) is 35.8 Å². The molecule has 0 aliphatic carbocycles. The van der Waals surface area contributed by atoms with Crippen molar-refractivity contribution in [3.8, 4) is 0 Å². The maximum absolute atomic E-state index is 10.9. The van der Waals surface area contributed by atoms with E-state index in [1.54, 1.807) is 31.3 Å². The summed E-state index contributed by atoms with van der Waals surface area (Å²) in [7, 11) is 1.79. The van der Waals surface area contributed by atoms with Gasteiger partial charge in [-0.3, -0.25) is 4.79 Å². The number of hydrogen-bond donors (Lipinski definition) is 4. The van der Waals surface area contributed by atoms with E-state index in [0.29, 0.717) is 24.2 Å². The third kappa shape index (κ3) is 4.44. The molecule has 2 atom stereocenters. The van der Waals surface area contributed by atoms with Crippen LogP contribution >= 0.6 is 0 Å². The number of anilines is 1. The van der Waals surface area contributed by atoms with Gasteiger partial charge in [0.2, 0.25) is 5.91 Å². The van der Waals surface area contributed by atoms with E-state index in [1.807, 2.05) is 0 Å². The molecule has 1 aromatic carbocycles. The average molecular weight is 252 g/mol. The summed E-state index contributed by atoms with van der Waals surface area (Å²) in [6, 6.07) is 6.85. The van der Waals surface area contributed by atoms with Gasteiger partial charge in [0.1, 0.15) is 6.10 Å². The second-order valence-electron chi connectivity index (χ2n) is 4.21. The van der Waals surface area contributed by atoms with Crippen molar-refractivity contribution in [2.45, 2.75) is 25.6 Å². The molecule has 0 aliphatic rings. The molecule has 0 radical (unpaired) electrons. The van der Waals surface area contributed by atoms with Crippen molar-refractivity contribution in [1.82, 2.24) is 5.32 Å². The molecule has 5 heteroatoms. The molecule has 2 unspecified atom stereocenters. The molecule has 4 N–H and O–H groups in total. The van der Waals surface area contributed by atoms with Gasteiger partial charge in [-0.15, -0.1) is 0 Å². The molecule has 100 valence electrons. The topological polar surface area (TPSA) is 81.6 Å². The first-order valence-electron chi connectivity index (χ1n) is 5.93. The van der Waals surface area contributed by atoms with Crippen LogP contribution in [-0.2, 0) is 4.79 Å².